The van der Waals surface area contributed by atoms with Crippen LogP contribution < -0.4 is 10.6 Å². The van der Waals surface area contributed by atoms with Crippen molar-refractivity contribution in [2.45, 2.75) is 41.4 Å². The molecule has 2 aliphatic rings. The van der Waals surface area contributed by atoms with Gasteiger partial charge in [-0.05, 0) is 62.1 Å². The molecule has 32 heavy (non-hydrogen) atoms. The van der Waals surface area contributed by atoms with Gasteiger partial charge in [-0.15, -0.1) is 0 Å². The predicted molar refractivity (Wildman–Crippen MR) is 114 cm³/mol. The van der Waals surface area contributed by atoms with E-state index in [2.05, 4.69) is 16.7 Å². The van der Waals surface area contributed by atoms with Gasteiger partial charge in [0.05, 0.1) is 28.1 Å². The van der Waals surface area contributed by atoms with Crippen LogP contribution in [0, 0.1) is 29.0 Å². The van der Waals surface area contributed by atoms with E-state index in [1.165, 1.54) is 36.4 Å². The molecule has 2 aromatic carbocycles. The minimum absolute atomic E-state index is 0.0218. The minimum Gasteiger partial charge on any atom is -0.338 e. The third-order valence-electron chi connectivity index (χ3n) is 6.14. The van der Waals surface area contributed by atoms with Crippen molar-refractivity contribution in [3.63, 3.8) is 0 Å². The Morgan fingerprint density at radius 1 is 0.969 bits per heavy atom. The maximum absolute atomic E-state index is 13.2. The molecule has 0 aromatic heterocycles. The van der Waals surface area contributed by atoms with Crippen LogP contribution in [-0.2, 0) is 19.4 Å². The number of carbonyl (C=O) groups is 2. The molecular formula is C23H22FN3O4S. The lowest BCUT2D eigenvalue weighted by atomic mass is 9.93. The zero-order valence-corrected chi connectivity index (χ0v) is 17.9. The normalized spacial score (nSPS) is 23.7. The molecule has 0 saturated heterocycles. The highest BCUT2D eigenvalue weighted by Crippen LogP contribution is 2.41. The fourth-order valence-corrected chi connectivity index (χ4v) is 5.96. The molecule has 0 heterocycles. The Hall–Kier alpha value is -3.25. The predicted octanol–water partition coefficient (Wildman–Crippen LogP) is 2.81. The number of hydrogen-bond donors (Lipinski definition) is 2. The van der Waals surface area contributed by atoms with Gasteiger partial charge in [0.15, 0.2) is 9.84 Å². The summed E-state index contributed by atoms with van der Waals surface area (Å²) in [6.07, 6.45) is 1.01. The number of benzene rings is 2. The summed E-state index contributed by atoms with van der Waals surface area (Å²) in [4.78, 5) is 26.2. The molecule has 0 radical (unpaired) electrons. The Kier molecular flexibility index (Phi) is 5.73. The Bertz CT molecular complexity index is 1170. The van der Waals surface area contributed by atoms with E-state index in [9.17, 15) is 27.7 Å². The Labute approximate surface area is 185 Å². The quantitative estimate of drug-likeness (QED) is 0.695. The summed E-state index contributed by atoms with van der Waals surface area (Å²) in [5.41, 5.74) is -0.577. The van der Waals surface area contributed by atoms with E-state index < -0.39 is 50.1 Å². The van der Waals surface area contributed by atoms with E-state index in [0.717, 1.165) is 0 Å². The first-order chi connectivity index (χ1) is 15.2. The van der Waals surface area contributed by atoms with Crippen LogP contribution >= 0.6 is 0 Å². The van der Waals surface area contributed by atoms with Crippen LogP contribution in [0.2, 0.25) is 0 Å². The third-order valence-corrected chi connectivity index (χ3v) is 8.33. The van der Waals surface area contributed by atoms with Crippen LogP contribution in [0.3, 0.4) is 0 Å². The highest BCUT2D eigenvalue weighted by molar-refractivity contribution is 7.92. The molecule has 3 atom stereocenters. The van der Waals surface area contributed by atoms with E-state index in [1.54, 1.807) is 18.2 Å². The molecule has 2 aromatic rings. The first-order valence-electron chi connectivity index (χ1n) is 10.3. The van der Waals surface area contributed by atoms with Crippen LogP contribution in [0.15, 0.2) is 59.5 Å². The molecule has 0 unspecified atom stereocenters. The lowest BCUT2D eigenvalue weighted by Gasteiger charge is -2.20. The molecule has 2 N–H and O–H groups in total. The Morgan fingerprint density at radius 3 is 2.12 bits per heavy atom. The minimum atomic E-state index is -3.76. The SMILES string of the molecule is N#CC1(NC(=O)[C@@H]2C[C@@H](S(=O)(=O)c3ccccc3)C[C@H]2C(=O)Nc2ccc(F)cc2)CC1. The first-order valence-corrected chi connectivity index (χ1v) is 11.9. The fraction of sp³-hybridized carbons (Fsp3) is 0.348. The standard InChI is InChI=1S/C23H22FN3O4S/c24-15-6-8-16(9-7-15)26-21(28)19-12-18(32(30,31)17-4-2-1-3-5-17)13-20(19)22(29)27-23(14-25)10-11-23/h1-9,18-20H,10-13H2,(H,26,28)(H,27,29)/t18-,19+,20+/m0/s1. The largest absolute Gasteiger partial charge is 0.338 e. The molecule has 9 heteroatoms. The van der Waals surface area contributed by atoms with Gasteiger partial charge < -0.3 is 10.6 Å². The van der Waals surface area contributed by atoms with E-state index in [0.29, 0.717) is 18.5 Å². The van der Waals surface area contributed by atoms with E-state index in [4.69, 9.17) is 0 Å². The van der Waals surface area contributed by atoms with Crippen LogP contribution in [0.1, 0.15) is 25.7 Å². The van der Waals surface area contributed by atoms with Gasteiger partial charge in [0.2, 0.25) is 11.8 Å². The molecule has 2 saturated carbocycles. The second kappa shape index (κ2) is 8.36. The molecule has 4 rings (SSSR count). The summed E-state index contributed by atoms with van der Waals surface area (Å²) < 4.78 is 39.5. The van der Waals surface area contributed by atoms with Gasteiger partial charge in [-0.1, -0.05) is 18.2 Å². The third kappa shape index (κ3) is 4.36. The topological polar surface area (TPSA) is 116 Å². The van der Waals surface area contributed by atoms with Gasteiger partial charge in [-0.2, -0.15) is 5.26 Å². The summed E-state index contributed by atoms with van der Waals surface area (Å²) in [5.74, 6) is -3.26. The number of amides is 2. The lowest BCUT2D eigenvalue weighted by Crippen LogP contribution is -2.43. The second-order valence-electron chi connectivity index (χ2n) is 8.34. The van der Waals surface area contributed by atoms with Crippen molar-refractivity contribution >= 4 is 27.3 Å². The van der Waals surface area contributed by atoms with Crippen molar-refractivity contribution in [3.05, 3.63) is 60.4 Å². The fourth-order valence-electron chi connectivity index (χ4n) is 4.11. The van der Waals surface area contributed by atoms with Crippen molar-refractivity contribution in [1.82, 2.24) is 5.32 Å². The molecule has 166 valence electrons. The zero-order valence-electron chi connectivity index (χ0n) is 17.1. The number of nitriles is 1. The summed E-state index contributed by atoms with van der Waals surface area (Å²) >= 11 is 0. The zero-order chi connectivity index (χ0) is 22.9. The Morgan fingerprint density at radius 2 is 1.56 bits per heavy atom. The van der Waals surface area contributed by atoms with Crippen molar-refractivity contribution in [1.29, 1.82) is 5.26 Å². The van der Waals surface area contributed by atoms with Gasteiger partial charge >= 0.3 is 0 Å². The van der Waals surface area contributed by atoms with Gasteiger partial charge in [-0.25, -0.2) is 12.8 Å². The molecular weight excluding hydrogens is 433 g/mol. The van der Waals surface area contributed by atoms with Crippen molar-refractivity contribution in [3.8, 4) is 6.07 Å². The Balaban J connectivity index is 1.59. The number of rotatable bonds is 6. The van der Waals surface area contributed by atoms with Gasteiger partial charge in [-0.3, -0.25) is 9.59 Å². The summed E-state index contributed by atoms with van der Waals surface area (Å²) in [5, 5.41) is 13.7. The molecule has 0 aliphatic heterocycles. The second-order valence-corrected chi connectivity index (χ2v) is 10.6. The number of anilines is 1. The van der Waals surface area contributed by atoms with E-state index in [-0.39, 0.29) is 17.7 Å². The van der Waals surface area contributed by atoms with Gasteiger partial charge in [0, 0.05) is 5.69 Å². The summed E-state index contributed by atoms with van der Waals surface area (Å²) in [6, 6.07) is 15.2. The summed E-state index contributed by atoms with van der Waals surface area (Å²) in [6.45, 7) is 0. The highest BCUT2D eigenvalue weighted by atomic mass is 32.2. The smallest absolute Gasteiger partial charge is 0.228 e. The molecule has 2 fully saturated rings. The maximum Gasteiger partial charge on any atom is 0.228 e. The average Bonchev–Trinajstić information content (AvgIpc) is 3.40. The molecule has 2 amide bonds. The molecule has 7 nitrogen and oxygen atoms in total. The van der Waals surface area contributed by atoms with Gasteiger partial charge in [0.25, 0.3) is 0 Å². The van der Waals surface area contributed by atoms with Crippen molar-refractivity contribution in [2.75, 3.05) is 5.32 Å². The number of nitrogens with zero attached hydrogens (tertiary/aromatic N) is 1. The molecule has 2 aliphatic carbocycles. The average molecular weight is 456 g/mol. The van der Waals surface area contributed by atoms with Gasteiger partial charge in [0.1, 0.15) is 11.4 Å². The first kappa shape index (κ1) is 22.0. The van der Waals surface area contributed by atoms with Crippen LogP contribution in [-0.4, -0.2) is 31.0 Å². The lowest BCUT2D eigenvalue weighted by molar-refractivity contribution is -0.131. The maximum atomic E-state index is 13.2. The molecule has 0 bridgehead atoms. The van der Waals surface area contributed by atoms with Crippen molar-refractivity contribution < 1.29 is 22.4 Å². The van der Waals surface area contributed by atoms with Crippen LogP contribution in [0.4, 0.5) is 10.1 Å². The number of hydrogen-bond acceptors (Lipinski definition) is 5. The van der Waals surface area contributed by atoms with Crippen LogP contribution in [0.5, 0.6) is 0 Å². The monoisotopic (exact) mass is 455 g/mol. The van der Waals surface area contributed by atoms with E-state index >= 15 is 0 Å². The molecule has 0 spiro atoms. The number of nitrogens with one attached hydrogen (secondary N) is 2. The number of halogens is 1. The van der Waals surface area contributed by atoms with Crippen molar-refractivity contribution in [2.24, 2.45) is 11.8 Å². The highest BCUT2D eigenvalue weighted by Gasteiger charge is 2.51. The van der Waals surface area contributed by atoms with E-state index in [1.807, 2.05) is 0 Å². The number of sulfone groups is 1. The summed E-state index contributed by atoms with van der Waals surface area (Å²) in [7, 11) is -3.76. The number of carbonyl (C=O) groups excluding carboxylic acids is 2. The van der Waals surface area contributed by atoms with Crippen LogP contribution in [0.25, 0.3) is 0 Å².